The lowest BCUT2D eigenvalue weighted by atomic mass is 10.2. The molecular formula is C11H9BrClNO3S. The Labute approximate surface area is 121 Å². The number of carboxylic acids is 1. The summed E-state index contributed by atoms with van der Waals surface area (Å²) >= 11 is 10.5. The summed E-state index contributed by atoms with van der Waals surface area (Å²) < 4.78 is 0.619. The maximum absolute atomic E-state index is 12.2. The number of carbonyl (C=O) groups excluding carboxylic acids is 1. The third-order valence-electron chi connectivity index (χ3n) is 2.59. The molecule has 1 N–H and O–H groups in total. The van der Waals surface area contributed by atoms with Gasteiger partial charge in [-0.05, 0) is 34.1 Å². The Morgan fingerprint density at radius 1 is 1.50 bits per heavy atom. The third kappa shape index (κ3) is 2.65. The van der Waals surface area contributed by atoms with E-state index in [0.717, 1.165) is 0 Å². The highest BCUT2D eigenvalue weighted by Gasteiger charge is 2.35. The lowest BCUT2D eigenvalue weighted by Crippen LogP contribution is -2.41. The van der Waals surface area contributed by atoms with Crippen molar-refractivity contribution in [1.29, 1.82) is 0 Å². The summed E-state index contributed by atoms with van der Waals surface area (Å²) in [6.07, 6.45) is 0. The summed E-state index contributed by atoms with van der Waals surface area (Å²) in [4.78, 5) is 24.6. The number of thioether (sulfide) groups is 1. The molecule has 1 heterocycles. The fourth-order valence-electron chi connectivity index (χ4n) is 1.64. The van der Waals surface area contributed by atoms with Gasteiger partial charge in [-0.2, -0.15) is 0 Å². The number of rotatable bonds is 2. The van der Waals surface area contributed by atoms with Crippen LogP contribution < -0.4 is 0 Å². The van der Waals surface area contributed by atoms with Crippen molar-refractivity contribution >= 4 is 51.2 Å². The zero-order valence-electron chi connectivity index (χ0n) is 9.10. The van der Waals surface area contributed by atoms with E-state index in [4.69, 9.17) is 16.7 Å². The molecule has 0 radical (unpaired) electrons. The first kappa shape index (κ1) is 13.7. The molecule has 1 unspecified atom stereocenters. The van der Waals surface area contributed by atoms with Gasteiger partial charge in [0.15, 0.2) is 0 Å². The van der Waals surface area contributed by atoms with Gasteiger partial charge in [0.05, 0.1) is 10.9 Å². The van der Waals surface area contributed by atoms with Gasteiger partial charge in [-0.1, -0.05) is 11.6 Å². The number of hydrogen-bond acceptors (Lipinski definition) is 3. The normalized spacial score (nSPS) is 19.0. The van der Waals surface area contributed by atoms with Crippen molar-refractivity contribution in [1.82, 2.24) is 4.90 Å². The van der Waals surface area contributed by atoms with Crippen LogP contribution >= 0.6 is 39.3 Å². The Hall–Kier alpha value is -0.720. The molecule has 18 heavy (non-hydrogen) atoms. The highest BCUT2D eigenvalue weighted by Crippen LogP contribution is 2.27. The zero-order valence-corrected chi connectivity index (χ0v) is 12.3. The van der Waals surface area contributed by atoms with Gasteiger partial charge in [-0.25, -0.2) is 4.79 Å². The third-order valence-corrected chi connectivity index (χ3v) is 4.82. The van der Waals surface area contributed by atoms with Gasteiger partial charge < -0.3 is 10.0 Å². The first-order chi connectivity index (χ1) is 8.50. The zero-order chi connectivity index (χ0) is 13.3. The van der Waals surface area contributed by atoms with Crippen LogP contribution in [0.1, 0.15) is 10.4 Å². The quantitative estimate of drug-likeness (QED) is 0.891. The molecule has 1 fully saturated rings. The number of halogens is 2. The van der Waals surface area contributed by atoms with E-state index in [0.29, 0.717) is 26.7 Å². The largest absolute Gasteiger partial charge is 0.480 e. The first-order valence-corrected chi connectivity index (χ1v) is 7.40. The van der Waals surface area contributed by atoms with Crippen LogP contribution in [0.3, 0.4) is 0 Å². The van der Waals surface area contributed by atoms with Crippen molar-refractivity contribution in [2.45, 2.75) is 6.04 Å². The topological polar surface area (TPSA) is 57.6 Å². The molecule has 7 heteroatoms. The highest BCUT2D eigenvalue weighted by atomic mass is 79.9. The fourth-order valence-corrected chi connectivity index (χ4v) is 3.28. The molecule has 4 nitrogen and oxygen atoms in total. The molecule has 0 aliphatic carbocycles. The average molecular weight is 351 g/mol. The molecule has 1 aromatic rings. The summed E-state index contributed by atoms with van der Waals surface area (Å²) in [6.45, 7) is 0. The molecule has 0 bridgehead atoms. The van der Waals surface area contributed by atoms with E-state index >= 15 is 0 Å². The van der Waals surface area contributed by atoms with Crippen molar-refractivity contribution < 1.29 is 14.7 Å². The molecule has 1 aliphatic rings. The number of amides is 1. The summed E-state index contributed by atoms with van der Waals surface area (Å²) in [6, 6.07) is 4.05. The van der Waals surface area contributed by atoms with Gasteiger partial charge in [-0.3, -0.25) is 4.79 Å². The molecule has 0 aromatic heterocycles. The molecule has 2 rings (SSSR count). The van der Waals surface area contributed by atoms with Gasteiger partial charge >= 0.3 is 5.97 Å². The van der Waals surface area contributed by atoms with Crippen molar-refractivity contribution in [3.63, 3.8) is 0 Å². The van der Waals surface area contributed by atoms with E-state index in [9.17, 15) is 9.59 Å². The molecular weight excluding hydrogens is 342 g/mol. The van der Waals surface area contributed by atoms with Gasteiger partial charge in [0, 0.05) is 15.8 Å². The van der Waals surface area contributed by atoms with Gasteiger partial charge in [0.1, 0.15) is 6.04 Å². The predicted molar refractivity (Wildman–Crippen MR) is 74.1 cm³/mol. The Morgan fingerprint density at radius 2 is 2.22 bits per heavy atom. The number of carboxylic acid groups (broad SMARTS) is 1. The van der Waals surface area contributed by atoms with Gasteiger partial charge in [0.25, 0.3) is 5.91 Å². The van der Waals surface area contributed by atoms with Crippen LogP contribution in [0.5, 0.6) is 0 Å². The summed E-state index contributed by atoms with van der Waals surface area (Å²) in [5.74, 6) is -0.433. The van der Waals surface area contributed by atoms with Gasteiger partial charge in [0.2, 0.25) is 0 Å². The van der Waals surface area contributed by atoms with Crippen molar-refractivity contribution in [2.24, 2.45) is 0 Å². The average Bonchev–Trinajstić information content (AvgIpc) is 2.81. The Kier molecular flexibility index (Phi) is 4.19. The van der Waals surface area contributed by atoms with Crippen molar-refractivity contribution in [3.8, 4) is 0 Å². The second kappa shape index (κ2) is 5.50. The van der Waals surface area contributed by atoms with Crippen LogP contribution in [0, 0.1) is 0 Å². The lowest BCUT2D eigenvalue weighted by Gasteiger charge is -2.20. The van der Waals surface area contributed by atoms with Crippen molar-refractivity contribution in [3.05, 3.63) is 33.3 Å². The van der Waals surface area contributed by atoms with Crippen LogP contribution in [0.15, 0.2) is 22.7 Å². The smallest absolute Gasteiger partial charge is 0.327 e. The molecule has 1 atom stereocenters. The van der Waals surface area contributed by atoms with Crippen LogP contribution in [0.2, 0.25) is 5.02 Å². The van der Waals surface area contributed by atoms with Crippen LogP contribution in [0.4, 0.5) is 0 Å². The number of nitrogens with zero attached hydrogens (tertiary/aromatic N) is 1. The number of aliphatic carboxylic acids is 1. The number of hydrogen-bond donors (Lipinski definition) is 1. The number of benzene rings is 1. The van der Waals surface area contributed by atoms with Crippen LogP contribution in [-0.4, -0.2) is 39.6 Å². The summed E-state index contributed by atoms with van der Waals surface area (Å²) in [7, 11) is 0. The van der Waals surface area contributed by atoms with Crippen LogP contribution in [-0.2, 0) is 4.79 Å². The first-order valence-electron chi connectivity index (χ1n) is 5.07. The van der Waals surface area contributed by atoms with Crippen molar-refractivity contribution in [2.75, 3.05) is 11.6 Å². The molecule has 96 valence electrons. The van der Waals surface area contributed by atoms with E-state index in [1.807, 2.05) is 0 Å². The molecule has 1 aromatic carbocycles. The second-order valence-electron chi connectivity index (χ2n) is 3.76. The highest BCUT2D eigenvalue weighted by molar-refractivity contribution is 9.10. The maximum atomic E-state index is 12.2. The van der Waals surface area contributed by atoms with E-state index < -0.39 is 12.0 Å². The molecule has 0 saturated carbocycles. The maximum Gasteiger partial charge on any atom is 0.327 e. The second-order valence-corrected chi connectivity index (χ2v) is 6.02. The van der Waals surface area contributed by atoms with Crippen LogP contribution in [0.25, 0.3) is 0 Å². The Balaban J connectivity index is 2.25. The number of carbonyl (C=O) groups is 2. The Bertz CT molecular complexity index is 511. The minimum Gasteiger partial charge on any atom is -0.480 e. The molecule has 1 amide bonds. The Morgan fingerprint density at radius 3 is 2.83 bits per heavy atom. The fraction of sp³-hybridized carbons (Fsp3) is 0.273. The molecule has 1 saturated heterocycles. The predicted octanol–water partition coefficient (Wildman–Crippen LogP) is 2.70. The molecule has 0 spiro atoms. The van der Waals surface area contributed by atoms with E-state index in [1.54, 1.807) is 18.2 Å². The minimum atomic E-state index is -0.971. The van der Waals surface area contributed by atoms with E-state index in [2.05, 4.69) is 15.9 Å². The SMILES string of the molecule is O=C(O)C1CSCN1C(=O)c1ccc(Cl)c(Br)c1. The van der Waals surface area contributed by atoms with E-state index in [-0.39, 0.29) is 5.91 Å². The summed E-state index contributed by atoms with van der Waals surface area (Å²) in [5.41, 5.74) is 0.431. The summed E-state index contributed by atoms with van der Waals surface area (Å²) in [5, 5.41) is 9.55. The van der Waals surface area contributed by atoms with Gasteiger partial charge in [-0.15, -0.1) is 11.8 Å². The standard InChI is InChI=1S/C11H9BrClNO3S/c12-7-3-6(1-2-8(7)13)10(15)14-5-18-4-9(14)11(16)17/h1-3,9H,4-5H2,(H,16,17). The monoisotopic (exact) mass is 349 g/mol. The lowest BCUT2D eigenvalue weighted by molar-refractivity contribution is -0.140. The van der Waals surface area contributed by atoms with E-state index in [1.165, 1.54) is 16.7 Å². The molecule has 1 aliphatic heterocycles. The minimum absolute atomic E-state index is 0.287.